The van der Waals surface area contributed by atoms with Crippen LogP contribution in [0.1, 0.15) is 84.5 Å². The Kier molecular flexibility index (Phi) is 14.1. The van der Waals surface area contributed by atoms with E-state index < -0.39 is 0 Å². The summed E-state index contributed by atoms with van der Waals surface area (Å²) in [4.78, 5) is 23.4. The van der Waals surface area contributed by atoms with Crippen molar-refractivity contribution < 1.29 is 14.3 Å². The minimum atomic E-state index is -0.388. The minimum absolute atomic E-state index is 0.0115. The average molecular weight is 313 g/mol. The standard InChI is InChI=1S/C18H35NO3/c1-4-6-8-10-12-14-16(13-11-9-7-5-2)18(21)19-15-17(20)22-3/h16H,4-15H2,1-3H3,(H,19,21). The number of nitrogens with one attached hydrogen (secondary N) is 1. The molecule has 4 nitrogen and oxygen atoms in total. The van der Waals surface area contributed by atoms with Gasteiger partial charge in [-0.3, -0.25) is 9.59 Å². The van der Waals surface area contributed by atoms with Gasteiger partial charge in [-0.2, -0.15) is 0 Å². The van der Waals surface area contributed by atoms with Crippen LogP contribution in [-0.2, 0) is 14.3 Å². The number of hydrogen-bond donors (Lipinski definition) is 1. The van der Waals surface area contributed by atoms with Crippen LogP contribution in [0.15, 0.2) is 0 Å². The van der Waals surface area contributed by atoms with E-state index in [9.17, 15) is 9.59 Å². The number of rotatable bonds is 14. The predicted molar refractivity (Wildman–Crippen MR) is 90.7 cm³/mol. The molecule has 0 heterocycles. The highest BCUT2D eigenvalue weighted by molar-refractivity contribution is 5.83. The van der Waals surface area contributed by atoms with E-state index in [0.717, 1.165) is 25.7 Å². The van der Waals surface area contributed by atoms with Crippen LogP contribution in [0.2, 0.25) is 0 Å². The summed E-state index contributed by atoms with van der Waals surface area (Å²) in [6.07, 6.45) is 12.6. The van der Waals surface area contributed by atoms with Crippen LogP contribution in [0.3, 0.4) is 0 Å². The minimum Gasteiger partial charge on any atom is -0.468 e. The van der Waals surface area contributed by atoms with Crippen LogP contribution < -0.4 is 5.32 Å². The lowest BCUT2D eigenvalue weighted by molar-refractivity contribution is -0.141. The molecule has 130 valence electrons. The molecule has 1 atom stereocenters. The molecular formula is C18H35NO3. The fourth-order valence-electron chi connectivity index (χ4n) is 2.59. The number of esters is 1. The van der Waals surface area contributed by atoms with E-state index in [2.05, 4.69) is 23.9 Å². The summed E-state index contributed by atoms with van der Waals surface area (Å²) in [5.74, 6) is -0.332. The van der Waals surface area contributed by atoms with Crippen molar-refractivity contribution in [2.24, 2.45) is 5.92 Å². The van der Waals surface area contributed by atoms with Crippen LogP contribution in [0.5, 0.6) is 0 Å². The van der Waals surface area contributed by atoms with Crippen molar-refractivity contribution in [2.75, 3.05) is 13.7 Å². The lowest BCUT2D eigenvalue weighted by atomic mass is 9.93. The number of hydrogen-bond acceptors (Lipinski definition) is 3. The van der Waals surface area contributed by atoms with Gasteiger partial charge < -0.3 is 10.1 Å². The molecule has 1 unspecified atom stereocenters. The first-order chi connectivity index (χ1) is 10.7. The molecule has 0 saturated heterocycles. The molecule has 0 aliphatic carbocycles. The summed E-state index contributed by atoms with van der Waals surface area (Å²) in [6, 6.07) is 0. The molecule has 0 aliphatic heterocycles. The van der Waals surface area contributed by atoms with Crippen LogP contribution >= 0.6 is 0 Å². The zero-order chi connectivity index (χ0) is 16.6. The second kappa shape index (κ2) is 14.9. The average Bonchev–Trinajstić information content (AvgIpc) is 2.53. The van der Waals surface area contributed by atoms with Gasteiger partial charge in [0.15, 0.2) is 0 Å². The molecule has 0 aromatic rings. The van der Waals surface area contributed by atoms with Gasteiger partial charge in [0, 0.05) is 5.92 Å². The maximum Gasteiger partial charge on any atom is 0.325 e. The molecule has 0 aliphatic rings. The van der Waals surface area contributed by atoms with Gasteiger partial charge in [0.1, 0.15) is 6.54 Å². The lowest BCUT2D eigenvalue weighted by Gasteiger charge is -2.16. The van der Waals surface area contributed by atoms with Gasteiger partial charge in [0.25, 0.3) is 0 Å². The first-order valence-corrected chi connectivity index (χ1v) is 9.00. The highest BCUT2D eigenvalue weighted by Gasteiger charge is 2.18. The monoisotopic (exact) mass is 313 g/mol. The zero-order valence-electron chi connectivity index (χ0n) is 14.8. The first-order valence-electron chi connectivity index (χ1n) is 9.00. The van der Waals surface area contributed by atoms with Crippen molar-refractivity contribution >= 4 is 11.9 Å². The fraction of sp³-hybridized carbons (Fsp3) is 0.889. The van der Waals surface area contributed by atoms with Gasteiger partial charge in [0.2, 0.25) is 5.91 Å². The van der Waals surface area contributed by atoms with Gasteiger partial charge in [-0.1, -0.05) is 71.6 Å². The van der Waals surface area contributed by atoms with E-state index in [-0.39, 0.29) is 24.3 Å². The van der Waals surface area contributed by atoms with E-state index in [1.165, 1.54) is 52.1 Å². The molecule has 0 aromatic carbocycles. The zero-order valence-corrected chi connectivity index (χ0v) is 14.8. The Labute approximate surface area is 136 Å². The first kappa shape index (κ1) is 20.9. The van der Waals surface area contributed by atoms with Crippen LogP contribution in [-0.4, -0.2) is 25.5 Å². The molecule has 1 amide bonds. The van der Waals surface area contributed by atoms with E-state index in [1.807, 2.05) is 0 Å². The lowest BCUT2D eigenvalue weighted by Crippen LogP contribution is -2.35. The number of unbranched alkanes of at least 4 members (excludes halogenated alkanes) is 7. The summed E-state index contributed by atoms with van der Waals surface area (Å²) in [5, 5.41) is 2.71. The van der Waals surface area contributed by atoms with Crippen molar-refractivity contribution in [3.63, 3.8) is 0 Å². The summed E-state index contributed by atoms with van der Waals surface area (Å²) in [7, 11) is 1.34. The van der Waals surface area contributed by atoms with E-state index in [0.29, 0.717) is 0 Å². The van der Waals surface area contributed by atoms with E-state index >= 15 is 0 Å². The quantitative estimate of drug-likeness (QED) is 0.386. The third-order valence-corrected chi connectivity index (χ3v) is 4.07. The Morgan fingerprint density at radius 3 is 1.86 bits per heavy atom. The number of amides is 1. The van der Waals surface area contributed by atoms with Gasteiger partial charge in [-0.25, -0.2) is 0 Å². The SMILES string of the molecule is CCCCCCCC(CCCCCC)C(=O)NCC(=O)OC. The van der Waals surface area contributed by atoms with Crippen molar-refractivity contribution in [1.29, 1.82) is 0 Å². The van der Waals surface area contributed by atoms with Crippen molar-refractivity contribution in [1.82, 2.24) is 5.32 Å². The van der Waals surface area contributed by atoms with Gasteiger partial charge in [-0.05, 0) is 12.8 Å². The second-order valence-electron chi connectivity index (χ2n) is 6.04. The smallest absolute Gasteiger partial charge is 0.325 e. The molecule has 0 aromatic heterocycles. The fourth-order valence-corrected chi connectivity index (χ4v) is 2.59. The number of methoxy groups -OCH3 is 1. The molecule has 0 saturated carbocycles. The van der Waals surface area contributed by atoms with Gasteiger partial charge >= 0.3 is 5.97 Å². The Bertz CT molecular complexity index is 292. The maximum atomic E-state index is 12.2. The predicted octanol–water partition coefficient (Wildman–Crippen LogP) is 4.22. The molecule has 1 N–H and O–H groups in total. The number of carbonyl (C=O) groups excluding carboxylic acids is 2. The van der Waals surface area contributed by atoms with Crippen LogP contribution in [0.4, 0.5) is 0 Å². The number of ether oxygens (including phenoxy) is 1. The summed E-state index contributed by atoms with van der Waals surface area (Å²) >= 11 is 0. The molecule has 0 fully saturated rings. The topological polar surface area (TPSA) is 55.4 Å². The molecule has 0 rings (SSSR count). The molecule has 4 heteroatoms. The second-order valence-corrected chi connectivity index (χ2v) is 6.04. The number of carbonyl (C=O) groups is 2. The largest absolute Gasteiger partial charge is 0.468 e. The third-order valence-electron chi connectivity index (χ3n) is 4.07. The molecule has 0 spiro atoms. The Balaban J connectivity index is 4.12. The summed E-state index contributed by atoms with van der Waals surface area (Å²) < 4.78 is 4.57. The van der Waals surface area contributed by atoms with Gasteiger partial charge in [0.05, 0.1) is 7.11 Å². The van der Waals surface area contributed by atoms with Crippen molar-refractivity contribution in [3.8, 4) is 0 Å². The summed E-state index contributed by atoms with van der Waals surface area (Å²) in [5.41, 5.74) is 0. The highest BCUT2D eigenvalue weighted by atomic mass is 16.5. The van der Waals surface area contributed by atoms with Gasteiger partial charge in [-0.15, -0.1) is 0 Å². The van der Waals surface area contributed by atoms with E-state index in [1.54, 1.807) is 0 Å². The van der Waals surface area contributed by atoms with Crippen molar-refractivity contribution in [2.45, 2.75) is 84.5 Å². The molecular weight excluding hydrogens is 278 g/mol. The normalized spacial score (nSPS) is 12.0. The third kappa shape index (κ3) is 11.6. The Morgan fingerprint density at radius 1 is 0.864 bits per heavy atom. The van der Waals surface area contributed by atoms with E-state index in [4.69, 9.17) is 0 Å². The Morgan fingerprint density at radius 2 is 1.36 bits per heavy atom. The van der Waals surface area contributed by atoms with Crippen molar-refractivity contribution in [3.05, 3.63) is 0 Å². The molecule has 22 heavy (non-hydrogen) atoms. The van der Waals surface area contributed by atoms with Crippen LogP contribution in [0.25, 0.3) is 0 Å². The highest BCUT2D eigenvalue weighted by Crippen LogP contribution is 2.19. The Hall–Kier alpha value is -1.06. The molecule has 0 bridgehead atoms. The molecule has 0 radical (unpaired) electrons. The summed E-state index contributed by atoms with van der Waals surface area (Å²) in [6.45, 7) is 4.38. The van der Waals surface area contributed by atoms with Crippen LogP contribution in [0, 0.1) is 5.92 Å². The maximum absolute atomic E-state index is 12.2.